The maximum atomic E-state index is 12.6. The molecule has 0 atom stereocenters. The van der Waals surface area contributed by atoms with E-state index in [0.717, 1.165) is 17.0 Å². The molecule has 0 heterocycles. The number of hydrogen-bond donors (Lipinski definition) is 0. The first-order valence-corrected chi connectivity index (χ1v) is 4.82. The van der Waals surface area contributed by atoms with E-state index in [1.54, 1.807) is 0 Å². The minimum Gasteiger partial charge on any atom is -0.293 e. The molecule has 0 aromatic heterocycles. The Labute approximate surface area is 95.8 Å². The van der Waals surface area contributed by atoms with Crippen LogP contribution in [0.1, 0.15) is 10.4 Å². The molecular formula is C11H11F4NO. The maximum Gasteiger partial charge on any atom is 0.401 e. The first-order chi connectivity index (χ1) is 7.78. The van der Waals surface area contributed by atoms with Crippen molar-refractivity contribution >= 4 is 5.78 Å². The summed E-state index contributed by atoms with van der Waals surface area (Å²) in [5, 5.41) is 0. The number of halogens is 4. The average molecular weight is 249 g/mol. The van der Waals surface area contributed by atoms with Crippen molar-refractivity contribution < 1.29 is 22.4 Å². The molecular weight excluding hydrogens is 238 g/mol. The molecule has 0 N–H and O–H groups in total. The Bertz CT molecular complexity index is 385. The summed E-state index contributed by atoms with van der Waals surface area (Å²) in [7, 11) is 1.20. The quantitative estimate of drug-likeness (QED) is 0.603. The van der Waals surface area contributed by atoms with Crippen LogP contribution in [0, 0.1) is 5.82 Å². The van der Waals surface area contributed by atoms with Gasteiger partial charge in [-0.3, -0.25) is 9.69 Å². The lowest BCUT2D eigenvalue weighted by molar-refractivity contribution is -0.141. The number of nitrogens with zero attached hydrogens (tertiary/aromatic N) is 1. The fourth-order valence-electron chi connectivity index (χ4n) is 1.33. The number of alkyl halides is 3. The van der Waals surface area contributed by atoms with Gasteiger partial charge in [0.25, 0.3) is 0 Å². The van der Waals surface area contributed by atoms with E-state index in [9.17, 15) is 22.4 Å². The van der Waals surface area contributed by atoms with E-state index in [1.165, 1.54) is 19.2 Å². The molecule has 0 fully saturated rings. The van der Waals surface area contributed by atoms with Crippen LogP contribution in [0.2, 0.25) is 0 Å². The van der Waals surface area contributed by atoms with Gasteiger partial charge in [-0.2, -0.15) is 13.2 Å². The van der Waals surface area contributed by atoms with E-state index in [2.05, 4.69) is 0 Å². The van der Waals surface area contributed by atoms with E-state index in [-0.39, 0.29) is 12.1 Å². The second-order valence-corrected chi connectivity index (χ2v) is 3.72. The summed E-state index contributed by atoms with van der Waals surface area (Å²) in [5.41, 5.74) is 0.195. The Hall–Kier alpha value is -1.43. The summed E-state index contributed by atoms with van der Waals surface area (Å²) in [6.45, 7) is -1.51. The molecule has 1 aromatic carbocycles. The number of hydrogen-bond acceptors (Lipinski definition) is 2. The molecule has 1 aromatic rings. The molecule has 0 amide bonds. The predicted octanol–water partition coefficient (Wildman–Crippen LogP) is 2.50. The van der Waals surface area contributed by atoms with Crippen LogP contribution in [0.15, 0.2) is 24.3 Å². The fraction of sp³-hybridized carbons (Fsp3) is 0.364. The van der Waals surface area contributed by atoms with Crippen LogP contribution in [0.4, 0.5) is 17.6 Å². The molecule has 6 heteroatoms. The van der Waals surface area contributed by atoms with Gasteiger partial charge in [-0.1, -0.05) is 0 Å². The molecule has 0 saturated heterocycles. The number of likely N-dealkylation sites (N-methyl/N-ethyl adjacent to an activating group) is 1. The summed E-state index contributed by atoms with van der Waals surface area (Å²) < 4.78 is 48.6. The Balaban J connectivity index is 2.57. The largest absolute Gasteiger partial charge is 0.401 e. The van der Waals surface area contributed by atoms with Crippen LogP contribution in [-0.4, -0.2) is 37.0 Å². The Morgan fingerprint density at radius 2 is 1.76 bits per heavy atom. The lowest BCUT2D eigenvalue weighted by atomic mass is 10.1. The third kappa shape index (κ3) is 4.95. The Kier molecular flexibility index (Phi) is 4.22. The lowest BCUT2D eigenvalue weighted by Gasteiger charge is -2.17. The van der Waals surface area contributed by atoms with Gasteiger partial charge >= 0.3 is 6.18 Å². The predicted molar refractivity (Wildman–Crippen MR) is 54.3 cm³/mol. The molecule has 1 rings (SSSR count). The van der Waals surface area contributed by atoms with Crippen molar-refractivity contribution in [2.24, 2.45) is 0 Å². The zero-order valence-corrected chi connectivity index (χ0v) is 9.09. The monoisotopic (exact) mass is 249 g/mol. The molecule has 17 heavy (non-hydrogen) atoms. The zero-order chi connectivity index (χ0) is 13.1. The highest BCUT2D eigenvalue weighted by atomic mass is 19.4. The minimum absolute atomic E-state index is 0.195. The summed E-state index contributed by atoms with van der Waals surface area (Å²) in [6.07, 6.45) is -4.34. The average Bonchev–Trinajstić information content (AvgIpc) is 2.15. The summed E-state index contributed by atoms with van der Waals surface area (Å²) in [5.74, 6) is -0.970. The maximum absolute atomic E-state index is 12.6. The van der Waals surface area contributed by atoms with E-state index < -0.39 is 24.3 Å². The van der Waals surface area contributed by atoms with E-state index in [0.29, 0.717) is 0 Å². The fourth-order valence-corrected chi connectivity index (χ4v) is 1.33. The van der Waals surface area contributed by atoms with Crippen molar-refractivity contribution in [3.63, 3.8) is 0 Å². The van der Waals surface area contributed by atoms with E-state index >= 15 is 0 Å². The zero-order valence-electron chi connectivity index (χ0n) is 9.09. The molecule has 0 aliphatic rings. The van der Waals surface area contributed by atoms with Crippen molar-refractivity contribution in [1.29, 1.82) is 0 Å². The Morgan fingerprint density at radius 1 is 1.24 bits per heavy atom. The van der Waals surface area contributed by atoms with Crippen LogP contribution in [-0.2, 0) is 0 Å². The van der Waals surface area contributed by atoms with Crippen LogP contribution in [0.25, 0.3) is 0 Å². The molecule has 0 saturated carbocycles. The topological polar surface area (TPSA) is 20.3 Å². The molecule has 0 spiro atoms. The number of carbonyl (C=O) groups excluding carboxylic acids is 1. The first-order valence-electron chi connectivity index (χ1n) is 4.82. The van der Waals surface area contributed by atoms with Gasteiger partial charge in [0.15, 0.2) is 5.78 Å². The second kappa shape index (κ2) is 5.27. The lowest BCUT2D eigenvalue weighted by Crippen LogP contribution is -2.34. The molecule has 0 bridgehead atoms. The van der Waals surface area contributed by atoms with Gasteiger partial charge < -0.3 is 0 Å². The normalized spacial score (nSPS) is 11.9. The van der Waals surface area contributed by atoms with Crippen LogP contribution in [0.5, 0.6) is 0 Å². The van der Waals surface area contributed by atoms with E-state index in [1.807, 2.05) is 0 Å². The number of benzene rings is 1. The van der Waals surface area contributed by atoms with Crippen LogP contribution in [0.3, 0.4) is 0 Å². The van der Waals surface area contributed by atoms with Crippen molar-refractivity contribution in [3.8, 4) is 0 Å². The van der Waals surface area contributed by atoms with Gasteiger partial charge in [-0.15, -0.1) is 0 Å². The summed E-state index contributed by atoms with van der Waals surface area (Å²) in [6, 6.07) is 4.69. The van der Waals surface area contributed by atoms with Gasteiger partial charge in [-0.25, -0.2) is 4.39 Å². The van der Waals surface area contributed by atoms with Gasteiger partial charge in [0.2, 0.25) is 0 Å². The number of rotatable bonds is 4. The second-order valence-electron chi connectivity index (χ2n) is 3.72. The van der Waals surface area contributed by atoms with Gasteiger partial charge in [0.05, 0.1) is 13.1 Å². The number of Topliss-reactive ketones (excluding diaryl/α,β-unsaturated/α-hetero) is 1. The highest BCUT2D eigenvalue weighted by Gasteiger charge is 2.29. The highest BCUT2D eigenvalue weighted by Crippen LogP contribution is 2.15. The van der Waals surface area contributed by atoms with Crippen molar-refractivity contribution in [1.82, 2.24) is 4.90 Å². The van der Waals surface area contributed by atoms with Crippen molar-refractivity contribution in [3.05, 3.63) is 35.6 Å². The van der Waals surface area contributed by atoms with Crippen LogP contribution >= 0.6 is 0 Å². The SMILES string of the molecule is CN(CC(=O)c1ccc(F)cc1)CC(F)(F)F. The highest BCUT2D eigenvalue weighted by molar-refractivity contribution is 5.97. The standard InChI is InChI=1S/C11H11F4NO/c1-16(7-11(13,14)15)6-10(17)8-2-4-9(12)5-3-8/h2-5H,6-7H2,1H3. The van der Waals surface area contributed by atoms with Gasteiger partial charge in [-0.05, 0) is 31.3 Å². The summed E-state index contributed by atoms with van der Waals surface area (Å²) in [4.78, 5) is 12.4. The Morgan fingerprint density at radius 3 is 2.24 bits per heavy atom. The first kappa shape index (κ1) is 13.6. The van der Waals surface area contributed by atoms with Gasteiger partial charge in [0.1, 0.15) is 5.82 Å². The van der Waals surface area contributed by atoms with Gasteiger partial charge in [0, 0.05) is 5.56 Å². The molecule has 0 aliphatic heterocycles. The molecule has 0 aliphatic carbocycles. The van der Waals surface area contributed by atoms with E-state index in [4.69, 9.17) is 0 Å². The number of ketones is 1. The molecule has 2 nitrogen and oxygen atoms in total. The summed E-state index contributed by atoms with van der Waals surface area (Å²) >= 11 is 0. The minimum atomic E-state index is -4.34. The smallest absolute Gasteiger partial charge is 0.293 e. The molecule has 0 radical (unpaired) electrons. The number of carbonyl (C=O) groups is 1. The molecule has 0 unspecified atom stereocenters. The third-order valence-corrected chi connectivity index (χ3v) is 2.03. The molecule has 94 valence electrons. The van der Waals surface area contributed by atoms with Crippen molar-refractivity contribution in [2.45, 2.75) is 6.18 Å². The van der Waals surface area contributed by atoms with Crippen molar-refractivity contribution in [2.75, 3.05) is 20.1 Å². The van der Waals surface area contributed by atoms with Crippen LogP contribution < -0.4 is 0 Å². The third-order valence-electron chi connectivity index (χ3n) is 2.03.